The average molecular weight is 291 g/mol. The zero-order valence-electron chi connectivity index (χ0n) is 11.4. The number of carbonyl (C=O) groups excluding carboxylic acids is 1. The Kier molecular flexibility index (Phi) is 4.64. The lowest BCUT2D eigenvalue weighted by molar-refractivity contribution is -0.139. The lowest BCUT2D eigenvalue weighted by atomic mass is 10.0. The van der Waals surface area contributed by atoms with Crippen LogP contribution in [-0.2, 0) is 16.0 Å². The van der Waals surface area contributed by atoms with E-state index in [1.807, 2.05) is 36.4 Å². The predicted molar refractivity (Wildman–Crippen MR) is 79.2 cm³/mol. The van der Waals surface area contributed by atoms with Gasteiger partial charge in [-0.1, -0.05) is 35.9 Å². The van der Waals surface area contributed by atoms with Gasteiger partial charge >= 0.3 is 5.97 Å². The molecule has 2 aromatic carbocycles. The van der Waals surface area contributed by atoms with E-state index in [1.54, 1.807) is 13.2 Å². The van der Waals surface area contributed by atoms with Crippen LogP contribution in [0.15, 0.2) is 42.5 Å². The van der Waals surface area contributed by atoms with Crippen molar-refractivity contribution in [1.29, 1.82) is 0 Å². The summed E-state index contributed by atoms with van der Waals surface area (Å²) < 4.78 is 9.84. The Bertz CT molecular complexity index is 606. The van der Waals surface area contributed by atoms with Crippen molar-refractivity contribution in [2.24, 2.45) is 0 Å². The van der Waals surface area contributed by atoms with Crippen LogP contribution in [-0.4, -0.2) is 20.2 Å². The molecule has 0 unspecified atom stereocenters. The number of hydrogen-bond acceptors (Lipinski definition) is 3. The van der Waals surface area contributed by atoms with E-state index in [1.165, 1.54) is 7.11 Å². The third-order valence-electron chi connectivity index (χ3n) is 3.01. The Balaban J connectivity index is 2.28. The molecule has 0 N–H and O–H groups in total. The Morgan fingerprint density at radius 2 is 1.80 bits per heavy atom. The summed E-state index contributed by atoms with van der Waals surface area (Å²) in [7, 11) is 3.00. The quantitative estimate of drug-likeness (QED) is 0.805. The Morgan fingerprint density at radius 1 is 1.10 bits per heavy atom. The fraction of sp³-hybridized carbons (Fsp3) is 0.188. The Labute approximate surface area is 123 Å². The van der Waals surface area contributed by atoms with Gasteiger partial charge in [-0.25, -0.2) is 0 Å². The van der Waals surface area contributed by atoms with Crippen molar-refractivity contribution < 1.29 is 14.3 Å². The molecule has 0 aliphatic carbocycles. The first-order valence-corrected chi connectivity index (χ1v) is 6.51. The van der Waals surface area contributed by atoms with E-state index in [-0.39, 0.29) is 12.4 Å². The molecule has 0 aliphatic rings. The highest BCUT2D eigenvalue weighted by Gasteiger charge is 2.07. The van der Waals surface area contributed by atoms with Gasteiger partial charge in [0.15, 0.2) is 0 Å². The van der Waals surface area contributed by atoms with Crippen molar-refractivity contribution in [2.75, 3.05) is 14.2 Å². The predicted octanol–water partition coefficient (Wildman–Crippen LogP) is 3.73. The topological polar surface area (TPSA) is 35.5 Å². The first-order valence-electron chi connectivity index (χ1n) is 6.13. The Morgan fingerprint density at radius 3 is 2.40 bits per heavy atom. The molecule has 0 bridgehead atoms. The molecule has 0 spiro atoms. The number of ether oxygens (including phenoxy) is 2. The lowest BCUT2D eigenvalue weighted by Crippen LogP contribution is -2.04. The molecule has 0 aliphatic heterocycles. The maximum absolute atomic E-state index is 11.2. The second-order valence-corrected chi connectivity index (χ2v) is 4.70. The van der Waals surface area contributed by atoms with Crippen molar-refractivity contribution in [3.63, 3.8) is 0 Å². The molecule has 2 rings (SSSR count). The van der Waals surface area contributed by atoms with Crippen LogP contribution < -0.4 is 4.74 Å². The van der Waals surface area contributed by atoms with Crippen LogP contribution in [0.2, 0.25) is 5.02 Å². The molecule has 0 atom stereocenters. The molecule has 2 aromatic rings. The highest BCUT2D eigenvalue weighted by molar-refractivity contribution is 6.33. The summed E-state index contributed by atoms with van der Waals surface area (Å²) >= 11 is 6.20. The molecule has 4 heteroatoms. The van der Waals surface area contributed by atoms with Gasteiger partial charge in [0.2, 0.25) is 0 Å². The van der Waals surface area contributed by atoms with Gasteiger partial charge in [-0.15, -0.1) is 0 Å². The maximum Gasteiger partial charge on any atom is 0.309 e. The normalized spacial score (nSPS) is 10.2. The number of carbonyl (C=O) groups is 1. The van der Waals surface area contributed by atoms with Gasteiger partial charge in [0.25, 0.3) is 0 Å². The number of esters is 1. The minimum absolute atomic E-state index is 0.253. The molecule has 0 fully saturated rings. The van der Waals surface area contributed by atoms with Gasteiger partial charge in [-0.3, -0.25) is 4.79 Å². The first-order chi connectivity index (χ1) is 9.63. The van der Waals surface area contributed by atoms with E-state index < -0.39 is 0 Å². The van der Waals surface area contributed by atoms with Crippen molar-refractivity contribution in [3.05, 3.63) is 53.1 Å². The average Bonchev–Trinajstić information content (AvgIpc) is 2.48. The zero-order valence-corrected chi connectivity index (χ0v) is 12.1. The molecular weight excluding hydrogens is 276 g/mol. The van der Waals surface area contributed by atoms with Crippen molar-refractivity contribution >= 4 is 17.6 Å². The van der Waals surface area contributed by atoms with Crippen LogP contribution in [0.5, 0.6) is 5.75 Å². The van der Waals surface area contributed by atoms with E-state index in [4.69, 9.17) is 16.3 Å². The summed E-state index contributed by atoms with van der Waals surface area (Å²) in [5.41, 5.74) is 2.78. The fourth-order valence-electron chi connectivity index (χ4n) is 1.89. The summed E-state index contributed by atoms with van der Waals surface area (Å²) in [6, 6.07) is 13.1. The monoisotopic (exact) mass is 290 g/mol. The summed E-state index contributed by atoms with van der Waals surface area (Å²) in [5, 5.41) is 0.659. The number of methoxy groups -OCH3 is 2. The molecule has 20 heavy (non-hydrogen) atoms. The third-order valence-corrected chi connectivity index (χ3v) is 3.34. The SMILES string of the molecule is COC(=O)Cc1ccc(-c2cc(OC)ccc2Cl)cc1. The summed E-state index contributed by atoms with van der Waals surface area (Å²) in [5.74, 6) is 0.500. The van der Waals surface area contributed by atoms with Crippen LogP contribution in [0.25, 0.3) is 11.1 Å². The lowest BCUT2D eigenvalue weighted by Gasteiger charge is -2.08. The van der Waals surface area contributed by atoms with Gasteiger partial charge in [0.05, 0.1) is 20.6 Å². The van der Waals surface area contributed by atoms with E-state index in [9.17, 15) is 4.79 Å². The fourth-order valence-corrected chi connectivity index (χ4v) is 2.12. The van der Waals surface area contributed by atoms with E-state index in [0.717, 1.165) is 22.4 Å². The number of hydrogen-bond donors (Lipinski definition) is 0. The van der Waals surface area contributed by atoms with Crippen molar-refractivity contribution in [3.8, 4) is 16.9 Å². The van der Waals surface area contributed by atoms with Crippen LogP contribution in [0.4, 0.5) is 0 Å². The molecule has 3 nitrogen and oxygen atoms in total. The molecular formula is C16H15ClO3. The van der Waals surface area contributed by atoms with E-state index >= 15 is 0 Å². The molecule has 0 heterocycles. The number of halogens is 1. The van der Waals surface area contributed by atoms with Gasteiger partial charge in [-0.05, 0) is 29.3 Å². The highest BCUT2D eigenvalue weighted by Crippen LogP contribution is 2.31. The highest BCUT2D eigenvalue weighted by atomic mass is 35.5. The minimum Gasteiger partial charge on any atom is -0.497 e. The largest absolute Gasteiger partial charge is 0.497 e. The number of rotatable bonds is 4. The number of benzene rings is 2. The molecule has 0 amide bonds. The minimum atomic E-state index is -0.253. The van der Waals surface area contributed by atoms with Crippen LogP contribution in [0.3, 0.4) is 0 Å². The standard InChI is InChI=1S/C16H15ClO3/c1-19-13-7-8-15(17)14(10-13)12-5-3-11(4-6-12)9-16(18)20-2/h3-8,10H,9H2,1-2H3. The maximum atomic E-state index is 11.2. The van der Waals surface area contributed by atoms with Gasteiger partial charge in [0.1, 0.15) is 5.75 Å². The second kappa shape index (κ2) is 6.44. The van der Waals surface area contributed by atoms with Gasteiger partial charge in [0, 0.05) is 10.6 Å². The van der Waals surface area contributed by atoms with Crippen LogP contribution in [0.1, 0.15) is 5.56 Å². The van der Waals surface area contributed by atoms with E-state index in [0.29, 0.717) is 5.02 Å². The Hall–Kier alpha value is -2.00. The van der Waals surface area contributed by atoms with Crippen molar-refractivity contribution in [1.82, 2.24) is 0 Å². The first kappa shape index (κ1) is 14.4. The van der Waals surface area contributed by atoms with E-state index in [2.05, 4.69) is 4.74 Å². The van der Waals surface area contributed by atoms with Gasteiger partial charge < -0.3 is 9.47 Å². The van der Waals surface area contributed by atoms with Crippen LogP contribution in [0, 0.1) is 0 Å². The molecule has 104 valence electrons. The summed E-state index contributed by atoms with van der Waals surface area (Å²) in [6.07, 6.45) is 0.266. The molecule has 0 saturated carbocycles. The van der Waals surface area contributed by atoms with Crippen molar-refractivity contribution in [2.45, 2.75) is 6.42 Å². The summed E-state index contributed by atoms with van der Waals surface area (Å²) in [6.45, 7) is 0. The second-order valence-electron chi connectivity index (χ2n) is 4.30. The zero-order chi connectivity index (χ0) is 14.5. The molecule has 0 aromatic heterocycles. The smallest absolute Gasteiger partial charge is 0.309 e. The molecule has 0 radical (unpaired) electrons. The van der Waals surface area contributed by atoms with Crippen LogP contribution >= 0.6 is 11.6 Å². The molecule has 0 saturated heterocycles. The van der Waals surface area contributed by atoms with Gasteiger partial charge in [-0.2, -0.15) is 0 Å². The third kappa shape index (κ3) is 3.31. The summed E-state index contributed by atoms with van der Waals surface area (Å²) in [4.78, 5) is 11.2.